The van der Waals surface area contributed by atoms with E-state index in [0.29, 0.717) is 5.78 Å². The van der Waals surface area contributed by atoms with Gasteiger partial charge in [0.05, 0.1) is 0 Å². The Hall–Kier alpha value is -1.11. The molecule has 88 valence electrons. The smallest absolute Gasteiger partial charge is 0.165 e. The molecule has 1 rings (SSSR count). The van der Waals surface area contributed by atoms with E-state index in [-0.39, 0.29) is 5.92 Å². The van der Waals surface area contributed by atoms with Gasteiger partial charge in [-0.05, 0) is 25.8 Å². The highest BCUT2D eigenvalue weighted by atomic mass is 16.1. The maximum absolute atomic E-state index is 12.2. The van der Waals surface area contributed by atoms with E-state index in [1.165, 1.54) is 5.56 Å². The van der Waals surface area contributed by atoms with Crippen molar-refractivity contribution in [3.63, 3.8) is 0 Å². The van der Waals surface area contributed by atoms with Crippen LogP contribution >= 0.6 is 0 Å². The third kappa shape index (κ3) is 3.19. The number of rotatable bonds is 5. The van der Waals surface area contributed by atoms with Gasteiger partial charge in [-0.2, -0.15) is 0 Å². The third-order valence-corrected chi connectivity index (χ3v) is 3.09. The molecule has 0 aromatic heterocycles. The number of hydrogen-bond acceptors (Lipinski definition) is 1. The minimum absolute atomic E-state index is 0.154. The van der Waals surface area contributed by atoms with E-state index in [2.05, 4.69) is 19.9 Å². The summed E-state index contributed by atoms with van der Waals surface area (Å²) in [7, 11) is 0. The second kappa shape index (κ2) is 5.83. The molecule has 1 atom stereocenters. The fraction of sp³-hybridized carbons (Fsp3) is 0.533. The zero-order valence-electron chi connectivity index (χ0n) is 10.8. The van der Waals surface area contributed by atoms with Crippen LogP contribution in [0.5, 0.6) is 0 Å². The number of benzene rings is 1. The summed E-state index contributed by atoms with van der Waals surface area (Å²) in [6, 6.07) is 6.07. The Bertz CT molecular complexity index is 366. The molecule has 0 N–H and O–H groups in total. The highest BCUT2D eigenvalue weighted by Gasteiger charge is 2.16. The number of hydrogen-bond donors (Lipinski definition) is 0. The van der Waals surface area contributed by atoms with Gasteiger partial charge in [0.25, 0.3) is 0 Å². The van der Waals surface area contributed by atoms with E-state index in [4.69, 9.17) is 0 Å². The number of aryl methyl sites for hydroxylation is 2. The SMILES string of the molecule is CCCCC(C)C(=O)c1ccc(C)cc1C. The van der Waals surface area contributed by atoms with Crippen molar-refractivity contribution < 1.29 is 4.79 Å². The predicted molar refractivity (Wildman–Crippen MR) is 68.9 cm³/mol. The number of Topliss-reactive ketones (excluding diaryl/α,β-unsaturated/α-hetero) is 1. The topological polar surface area (TPSA) is 17.1 Å². The lowest BCUT2D eigenvalue weighted by molar-refractivity contribution is 0.0922. The van der Waals surface area contributed by atoms with Crippen LogP contribution in [0.25, 0.3) is 0 Å². The van der Waals surface area contributed by atoms with Gasteiger partial charge in [-0.1, -0.05) is 50.5 Å². The Balaban J connectivity index is 2.79. The molecule has 0 spiro atoms. The fourth-order valence-corrected chi connectivity index (χ4v) is 2.00. The molecule has 0 saturated carbocycles. The van der Waals surface area contributed by atoms with Crippen molar-refractivity contribution in [2.45, 2.75) is 47.0 Å². The van der Waals surface area contributed by atoms with E-state index in [0.717, 1.165) is 30.4 Å². The van der Waals surface area contributed by atoms with Gasteiger partial charge in [0, 0.05) is 11.5 Å². The summed E-state index contributed by atoms with van der Waals surface area (Å²) in [4.78, 5) is 12.2. The van der Waals surface area contributed by atoms with E-state index in [9.17, 15) is 4.79 Å². The van der Waals surface area contributed by atoms with Gasteiger partial charge in [-0.3, -0.25) is 4.79 Å². The molecular formula is C15H22O. The normalized spacial score (nSPS) is 12.5. The van der Waals surface area contributed by atoms with Crippen LogP contribution in [0.4, 0.5) is 0 Å². The van der Waals surface area contributed by atoms with Crippen molar-refractivity contribution in [3.05, 3.63) is 34.9 Å². The summed E-state index contributed by atoms with van der Waals surface area (Å²) >= 11 is 0. The first kappa shape index (κ1) is 13.0. The van der Waals surface area contributed by atoms with Crippen LogP contribution in [-0.2, 0) is 0 Å². The van der Waals surface area contributed by atoms with Gasteiger partial charge in [-0.25, -0.2) is 0 Å². The Morgan fingerprint density at radius 1 is 1.31 bits per heavy atom. The maximum Gasteiger partial charge on any atom is 0.165 e. The first-order valence-electron chi connectivity index (χ1n) is 6.17. The van der Waals surface area contributed by atoms with Crippen LogP contribution in [0.2, 0.25) is 0 Å². The fourth-order valence-electron chi connectivity index (χ4n) is 2.00. The van der Waals surface area contributed by atoms with Crippen molar-refractivity contribution in [1.82, 2.24) is 0 Å². The number of ketones is 1. The lowest BCUT2D eigenvalue weighted by atomic mass is 9.91. The quantitative estimate of drug-likeness (QED) is 0.673. The van der Waals surface area contributed by atoms with Crippen LogP contribution in [-0.4, -0.2) is 5.78 Å². The second-order valence-electron chi connectivity index (χ2n) is 4.73. The molecule has 0 saturated heterocycles. The minimum Gasteiger partial charge on any atom is -0.294 e. The molecule has 0 radical (unpaired) electrons. The molecule has 1 aromatic rings. The highest BCUT2D eigenvalue weighted by Crippen LogP contribution is 2.18. The second-order valence-corrected chi connectivity index (χ2v) is 4.73. The van der Waals surface area contributed by atoms with Crippen molar-refractivity contribution in [2.75, 3.05) is 0 Å². The average Bonchev–Trinajstić information content (AvgIpc) is 2.25. The summed E-state index contributed by atoms with van der Waals surface area (Å²) in [5.41, 5.74) is 3.22. The maximum atomic E-state index is 12.2. The molecule has 0 aliphatic rings. The molecule has 0 fully saturated rings. The summed E-state index contributed by atoms with van der Waals surface area (Å²) in [5.74, 6) is 0.451. The molecule has 1 unspecified atom stereocenters. The van der Waals surface area contributed by atoms with Gasteiger partial charge in [0.15, 0.2) is 5.78 Å². The molecule has 1 heteroatoms. The van der Waals surface area contributed by atoms with E-state index >= 15 is 0 Å². The predicted octanol–water partition coefficient (Wildman–Crippen LogP) is 4.31. The molecule has 0 heterocycles. The van der Waals surface area contributed by atoms with Gasteiger partial charge in [0.1, 0.15) is 0 Å². The lowest BCUT2D eigenvalue weighted by Gasteiger charge is -2.12. The molecule has 0 bridgehead atoms. The van der Waals surface area contributed by atoms with Crippen LogP contribution in [0, 0.1) is 19.8 Å². The zero-order chi connectivity index (χ0) is 12.1. The molecule has 1 nitrogen and oxygen atoms in total. The molecular weight excluding hydrogens is 196 g/mol. The highest BCUT2D eigenvalue weighted by molar-refractivity contribution is 5.98. The van der Waals surface area contributed by atoms with Gasteiger partial charge in [0.2, 0.25) is 0 Å². The van der Waals surface area contributed by atoms with Crippen molar-refractivity contribution >= 4 is 5.78 Å². The molecule has 1 aromatic carbocycles. The van der Waals surface area contributed by atoms with Crippen molar-refractivity contribution in [1.29, 1.82) is 0 Å². The first-order chi connectivity index (χ1) is 7.56. The Morgan fingerprint density at radius 3 is 2.56 bits per heavy atom. The molecule has 0 aliphatic carbocycles. The van der Waals surface area contributed by atoms with Crippen LogP contribution < -0.4 is 0 Å². The zero-order valence-corrected chi connectivity index (χ0v) is 10.8. The largest absolute Gasteiger partial charge is 0.294 e. The molecule has 0 aliphatic heterocycles. The first-order valence-corrected chi connectivity index (χ1v) is 6.17. The summed E-state index contributed by atoms with van der Waals surface area (Å²) < 4.78 is 0. The van der Waals surface area contributed by atoms with Gasteiger partial charge < -0.3 is 0 Å². The molecule has 16 heavy (non-hydrogen) atoms. The standard InChI is InChI=1S/C15H22O/c1-5-6-7-12(3)15(16)14-9-8-11(2)10-13(14)4/h8-10,12H,5-7H2,1-4H3. The van der Waals surface area contributed by atoms with E-state index in [1.807, 2.05) is 26.0 Å². The van der Waals surface area contributed by atoms with Gasteiger partial charge in [-0.15, -0.1) is 0 Å². The number of unbranched alkanes of at least 4 members (excludes halogenated alkanes) is 1. The minimum atomic E-state index is 0.154. The monoisotopic (exact) mass is 218 g/mol. The third-order valence-electron chi connectivity index (χ3n) is 3.09. The summed E-state index contributed by atoms with van der Waals surface area (Å²) in [5, 5.41) is 0. The van der Waals surface area contributed by atoms with Crippen molar-refractivity contribution in [3.8, 4) is 0 Å². The van der Waals surface area contributed by atoms with Crippen molar-refractivity contribution in [2.24, 2.45) is 5.92 Å². The lowest BCUT2D eigenvalue weighted by Crippen LogP contribution is -2.12. The molecule has 0 amide bonds. The van der Waals surface area contributed by atoms with E-state index in [1.54, 1.807) is 0 Å². The number of carbonyl (C=O) groups is 1. The van der Waals surface area contributed by atoms with Crippen LogP contribution in [0.15, 0.2) is 18.2 Å². The summed E-state index contributed by atoms with van der Waals surface area (Å²) in [6.07, 6.45) is 3.30. The van der Waals surface area contributed by atoms with Gasteiger partial charge >= 0.3 is 0 Å². The van der Waals surface area contributed by atoms with E-state index < -0.39 is 0 Å². The average molecular weight is 218 g/mol. The Labute approximate surface area is 98.9 Å². The number of carbonyl (C=O) groups excluding carboxylic acids is 1. The van der Waals surface area contributed by atoms with Crippen LogP contribution in [0.3, 0.4) is 0 Å². The summed E-state index contributed by atoms with van der Waals surface area (Å²) in [6.45, 7) is 8.28. The Kier molecular flexibility index (Phi) is 4.72. The van der Waals surface area contributed by atoms with Crippen LogP contribution in [0.1, 0.15) is 54.6 Å². The Morgan fingerprint density at radius 2 is 2.00 bits per heavy atom.